The van der Waals surface area contributed by atoms with Crippen molar-refractivity contribution in [2.45, 2.75) is 19.4 Å². The van der Waals surface area contributed by atoms with E-state index in [-0.39, 0.29) is 6.04 Å². The molecule has 0 amide bonds. The molecule has 0 saturated carbocycles. The molecular weight excluding hydrogens is 845 g/mol. The Kier molecular flexibility index (Phi) is 8.52. The summed E-state index contributed by atoms with van der Waals surface area (Å²) in [5, 5.41) is 6.75. The largest absolute Gasteiger partial charge is 0.326 e. The molecule has 0 bridgehead atoms. The van der Waals surface area contributed by atoms with E-state index < -0.39 is 0 Å². The fraction of sp³-hybridized carbons (Fsp3) is 0.0492. The minimum atomic E-state index is 0.0660. The van der Waals surface area contributed by atoms with Gasteiger partial charge in [-0.05, 0) is 55.3 Å². The normalized spacial score (nSPS) is 13.8. The summed E-state index contributed by atoms with van der Waals surface area (Å²) in [6.45, 7) is 2.18. The number of nitrogens with zero attached hydrogens (tertiary/aromatic N) is 8. The summed E-state index contributed by atoms with van der Waals surface area (Å²) in [7, 11) is 0. The first-order valence-electron chi connectivity index (χ1n) is 23.3. The van der Waals surface area contributed by atoms with Gasteiger partial charge in [0.15, 0.2) is 11.5 Å². The first kappa shape index (κ1) is 38.9. The van der Waals surface area contributed by atoms with Crippen LogP contribution < -0.4 is 0 Å². The van der Waals surface area contributed by atoms with Gasteiger partial charge in [-0.15, -0.1) is 6.42 Å². The highest BCUT2D eigenvalue weighted by Crippen LogP contribution is 2.45. The maximum absolute atomic E-state index is 6.60. The zero-order valence-corrected chi connectivity index (χ0v) is 37.5. The molecule has 1 aliphatic rings. The third-order valence-corrected chi connectivity index (χ3v) is 14.0. The average molecular weight is 885 g/mol. The van der Waals surface area contributed by atoms with Gasteiger partial charge in [-0.1, -0.05) is 164 Å². The summed E-state index contributed by atoms with van der Waals surface area (Å²) in [6.07, 6.45) is 18.0. The van der Waals surface area contributed by atoms with Crippen LogP contribution in [0, 0.1) is 19.3 Å². The molecule has 0 radical (unpaired) electrons. The molecule has 6 heterocycles. The zero-order valence-electron chi connectivity index (χ0n) is 37.5. The number of hydrogen-bond acceptors (Lipinski definition) is 4. The van der Waals surface area contributed by atoms with Gasteiger partial charge in [-0.2, -0.15) is 4.98 Å². The van der Waals surface area contributed by atoms with Crippen molar-refractivity contribution in [2.24, 2.45) is 0 Å². The summed E-state index contributed by atoms with van der Waals surface area (Å²) in [4.78, 5) is 21.8. The van der Waals surface area contributed by atoms with Crippen molar-refractivity contribution in [3.8, 4) is 52.3 Å². The molecule has 0 saturated heterocycles. The highest BCUT2D eigenvalue weighted by Gasteiger charge is 2.29. The molecule has 14 rings (SSSR count). The van der Waals surface area contributed by atoms with Crippen LogP contribution in [-0.2, 0) is 0 Å². The van der Waals surface area contributed by atoms with E-state index in [1.807, 2.05) is 24.4 Å². The van der Waals surface area contributed by atoms with Crippen LogP contribution in [0.25, 0.3) is 117 Å². The van der Waals surface area contributed by atoms with Gasteiger partial charge in [0.2, 0.25) is 5.95 Å². The molecule has 8 nitrogen and oxygen atoms in total. The molecule has 1 atom stereocenters. The van der Waals surface area contributed by atoms with Gasteiger partial charge >= 0.3 is 0 Å². The van der Waals surface area contributed by atoms with Crippen molar-refractivity contribution in [1.29, 1.82) is 0 Å². The molecule has 8 heteroatoms. The van der Waals surface area contributed by atoms with Crippen molar-refractivity contribution in [2.75, 3.05) is 0 Å². The number of rotatable bonds is 6. The Morgan fingerprint density at radius 2 is 1.14 bits per heavy atom. The fourth-order valence-electron chi connectivity index (χ4n) is 11.1. The molecule has 1 aliphatic carbocycles. The number of aromatic nitrogens is 8. The standard InChI is InChI=1S/C61H40N8/c1-3-48-54(47-30-16-20-34-52(47)66(48)40-23-9-5-10-24-40)57-38(2)42-27-13-17-31-49(42)69(57)61-64-55(39-21-7-4-8-22-39)56-60(65-61)62-37-53(63-56)68-51-33-19-15-29-44(51)46-36-35-45-43-28-14-18-32-50(43)67(58(45)59(46)68)41-25-11-6-12-26-41/h1,4-23,25-37,40H,24H2,2H3. The van der Waals surface area contributed by atoms with Crippen molar-refractivity contribution in [1.82, 2.24) is 38.2 Å². The number of terminal acetylenes is 1. The monoisotopic (exact) mass is 884 g/mol. The van der Waals surface area contributed by atoms with E-state index >= 15 is 0 Å². The van der Waals surface area contributed by atoms with Crippen molar-refractivity contribution in [3.63, 3.8) is 0 Å². The van der Waals surface area contributed by atoms with Crippen LogP contribution in [0.2, 0.25) is 0 Å². The SMILES string of the molecule is C#Cc1c(-c2c(C)c3ccccc3n2-c2nc(-c3ccccc3)c3nc(-n4c5ccccc5c5ccc6c7ccccc7n(-c7ccccc7)c6c54)cnc3n2)c2ccccc2n1C1C=CC=CC1. The van der Waals surface area contributed by atoms with Crippen LogP contribution in [0.3, 0.4) is 0 Å². The molecule has 0 aliphatic heterocycles. The Hall–Kier alpha value is -9.32. The minimum absolute atomic E-state index is 0.0660. The molecular formula is C61H40N8. The molecule has 324 valence electrons. The number of allylic oxidation sites excluding steroid dienone is 4. The van der Waals surface area contributed by atoms with Crippen LogP contribution in [0.4, 0.5) is 0 Å². The van der Waals surface area contributed by atoms with E-state index in [2.05, 4.69) is 207 Å². The van der Waals surface area contributed by atoms with Gasteiger partial charge in [-0.25, -0.2) is 15.0 Å². The lowest BCUT2D eigenvalue weighted by atomic mass is 10.0. The Balaban J connectivity index is 1.06. The Morgan fingerprint density at radius 3 is 1.83 bits per heavy atom. The number of benzene rings is 7. The van der Waals surface area contributed by atoms with Gasteiger partial charge in [0, 0.05) is 49.1 Å². The minimum Gasteiger partial charge on any atom is -0.326 e. The smallest absolute Gasteiger partial charge is 0.237 e. The molecule has 0 N–H and O–H groups in total. The van der Waals surface area contributed by atoms with E-state index in [9.17, 15) is 0 Å². The highest BCUT2D eigenvalue weighted by atomic mass is 15.2. The zero-order chi connectivity index (χ0) is 45.7. The van der Waals surface area contributed by atoms with Gasteiger partial charge in [0.25, 0.3) is 0 Å². The third kappa shape index (κ3) is 5.65. The van der Waals surface area contributed by atoms with E-state index in [1.54, 1.807) is 0 Å². The van der Waals surface area contributed by atoms with Crippen LogP contribution in [0.5, 0.6) is 0 Å². The molecule has 13 aromatic rings. The maximum Gasteiger partial charge on any atom is 0.237 e. The van der Waals surface area contributed by atoms with Gasteiger partial charge in [0.05, 0.1) is 51.0 Å². The second-order valence-corrected chi connectivity index (χ2v) is 17.7. The lowest BCUT2D eigenvalue weighted by Gasteiger charge is -2.19. The van der Waals surface area contributed by atoms with Gasteiger partial charge in [0.1, 0.15) is 16.9 Å². The highest BCUT2D eigenvalue weighted by molar-refractivity contribution is 6.23. The average Bonchev–Trinajstić information content (AvgIpc) is 4.13. The van der Waals surface area contributed by atoms with Crippen molar-refractivity contribution >= 4 is 76.6 Å². The van der Waals surface area contributed by atoms with E-state index in [1.165, 1.54) is 5.39 Å². The second-order valence-electron chi connectivity index (χ2n) is 17.7. The first-order chi connectivity index (χ1) is 34.2. The Morgan fingerprint density at radius 1 is 0.551 bits per heavy atom. The number of hydrogen-bond donors (Lipinski definition) is 0. The van der Waals surface area contributed by atoms with Crippen LogP contribution in [-0.4, -0.2) is 38.2 Å². The lowest BCUT2D eigenvalue weighted by Crippen LogP contribution is -2.10. The molecule has 6 aromatic heterocycles. The number of fused-ring (bicyclic) bond motifs is 10. The van der Waals surface area contributed by atoms with Gasteiger partial charge in [-0.3, -0.25) is 9.13 Å². The summed E-state index contributed by atoms with van der Waals surface area (Å²) in [6, 6.07) is 59.6. The van der Waals surface area contributed by atoms with Crippen molar-refractivity contribution in [3.05, 3.63) is 212 Å². The summed E-state index contributed by atoms with van der Waals surface area (Å²) in [5.74, 6) is 4.31. The number of aryl methyl sites for hydroxylation is 1. The van der Waals surface area contributed by atoms with Crippen LogP contribution in [0.15, 0.2) is 200 Å². The first-order valence-corrected chi connectivity index (χ1v) is 23.3. The van der Waals surface area contributed by atoms with Crippen molar-refractivity contribution < 1.29 is 0 Å². The summed E-state index contributed by atoms with van der Waals surface area (Å²) >= 11 is 0. The molecule has 0 fully saturated rings. The predicted molar refractivity (Wildman–Crippen MR) is 282 cm³/mol. The molecule has 1 unspecified atom stereocenters. The quantitative estimate of drug-likeness (QED) is 0.156. The second kappa shape index (κ2) is 15.1. The maximum atomic E-state index is 6.60. The molecule has 7 aromatic carbocycles. The predicted octanol–water partition coefficient (Wildman–Crippen LogP) is 14.2. The Labute approximate surface area is 396 Å². The number of para-hydroxylation sites is 5. The van der Waals surface area contributed by atoms with Gasteiger partial charge < -0.3 is 9.13 Å². The fourth-order valence-corrected chi connectivity index (χ4v) is 11.1. The van der Waals surface area contributed by atoms with Crippen LogP contribution >= 0.6 is 0 Å². The summed E-state index contributed by atoms with van der Waals surface area (Å²) < 4.78 is 9.16. The molecule has 0 spiro atoms. The lowest BCUT2D eigenvalue weighted by molar-refractivity contribution is 0.624. The topological polar surface area (TPSA) is 71.3 Å². The Bertz CT molecular complexity index is 4360. The van der Waals surface area contributed by atoms with E-state index in [4.69, 9.17) is 26.4 Å². The summed E-state index contributed by atoms with van der Waals surface area (Å²) in [5.41, 5.74) is 13.9. The molecule has 69 heavy (non-hydrogen) atoms. The van der Waals surface area contributed by atoms with Crippen LogP contribution in [0.1, 0.15) is 23.7 Å². The van der Waals surface area contributed by atoms with E-state index in [0.29, 0.717) is 28.6 Å². The third-order valence-electron chi connectivity index (χ3n) is 14.0. The van der Waals surface area contributed by atoms with E-state index in [0.717, 1.165) is 100 Å².